The van der Waals surface area contributed by atoms with Gasteiger partial charge in [0.2, 0.25) is 0 Å². The van der Waals surface area contributed by atoms with Crippen molar-refractivity contribution in [2.45, 2.75) is 53.0 Å². The second kappa shape index (κ2) is 7.07. The number of nitrogens with one attached hydrogen (secondary N) is 1. The fourth-order valence-corrected chi connectivity index (χ4v) is 3.22. The number of aromatic nitrogens is 1. The molecule has 3 heteroatoms. The molecule has 20 heavy (non-hydrogen) atoms. The van der Waals surface area contributed by atoms with Crippen molar-refractivity contribution >= 4 is 5.82 Å². The molecule has 0 aliphatic carbocycles. The normalized spacial score (nSPS) is 18.9. The molecule has 3 nitrogen and oxygen atoms in total. The second-order valence-corrected chi connectivity index (χ2v) is 6.03. The maximum atomic E-state index is 4.68. The molecule has 2 heterocycles. The lowest BCUT2D eigenvalue weighted by Gasteiger charge is -2.41. The van der Waals surface area contributed by atoms with Gasteiger partial charge in [-0.2, -0.15) is 0 Å². The summed E-state index contributed by atoms with van der Waals surface area (Å²) in [5, 5.41) is 3.29. The van der Waals surface area contributed by atoms with Gasteiger partial charge in [0, 0.05) is 13.1 Å². The molecule has 1 aromatic rings. The molecule has 0 unspecified atom stereocenters. The van der Waals surface area contributed by atoms with E-state index >= 15 is 0 Å². The van der Waals surface area contributed by atoms with E-state index in [0.29, 0.717) is 5.41 Å². The molecule has 1 aliphatic heterocycles. The van der Waals surface area contributed by atoms with E-state index in [4.69, 9.17) is 0 Å². The lowest BCUT2D eigenvalue weighted by molar-refractivity contribution is 0.0901. The van der Waals surface area contributed by atoms with Gasteiger partial charge in [0.1, 0.15) is 5.82 Å². The molecule has 1 aromatic heterocycles. The Morgan fingerprint density at radius 1 is 1.15 bits per heavy atom. The Kier molecular flexibility index (Phi) is 5.41. The minimum absolute atomic E-state index is 0.607. The maximum Gasteiger partial charge on any atom is 0.126 e. The molecule has 112 valence electrons. The quantitative estimate of drug-likeness (QED) is 0.853. The van der Waals surface area contributed by atoms with Gasteiger partial charge in [-0.05, 0) is 50.4 Å². The van der Waals surface area contributed by atoms with Gasteiger partial charge in [0.25, 0.3) is 0 Å². The summed E-state index contributed by atoms with van der Waals surface area (Å²) in [6.45, 7) is 11.2. The molecule has 1 fully saturated rings. The summed E-state index contributed by atoms with van der Waals surface area (Å²) in [6, 6.07) is 6.29. The van der Waals surface area contributed by atoms with Crippen LogP contribution in [0.4, 0.5) is 5.82 Å². The summed E-state index contributed by atoms with van der Waals surface area (Å²) in [4.78, 5) is 7.24. The standard InChI is InChI=1S/C17H29N3/c1-4-17(5-2)10-12-20(13-11-17)14-15-8-7-9-16(19-15)18-6-3/h7-9H,4-6,10-14H2,1-3H3,(H,18,19). The average Bonchev–Trinajstić information content (AvgIpc) is 2.49. The van der Waals surface area contributed by atoms with Crippen LogP contribution in [0.15, 0.2) is 18.2 Å². The van der Waals surface area contributed by atoms with Gasteiger partial charge >= 0.3 is 0 Å². The highest BCUT2D eigenvalue weighted by molar-refractivity contribution is 5.34. The van der Waals surface area contributed by atoms with Gasteiger partial charge in [-0.1, -0.05) is 32.8 Å². The third kappa shape index (κ3) is 3.72. The van der Waals surface area contributed by atoms with E-state index in [1.807, 2.05) is 6.07 Å². The molecule has 0 spiro atoms. The first-order valence-corrected chi connectivity index (χ1v) is 8.13. The van der Waals surface area contributed by atoms with Crippen LogP contribution in [0.5, 0.6) is 0 Å². The van der Waals surface area contributed by atoms with Crippen molar-refractivity contribution in [3.05, 3.63) is 23.9 Å². The molecule has 0 atom stereocenters. The third-order valence-corrected chi connectivity index (χ3v) is 4.97. The van der Waals surface area contributed by atoms with Gasteiger partial charge in [-0.15, -0.1) is 0 Å². The number of pyridine rings is 1. The van der Waals surface area contributed by atoms with Gasteiger partial charge in [0.05, 0.1) is 5.69 Å². The number of nitrogens with zero attached hydrogens (tertiary/aromatic N) is 2. The fourth-order valence-electron chi connectivity index (χ4n) is 3.22. The zero-order chi connectivity index (χ0) is 14.4. The highest BCUT2D eigenvalue weighted by Crippen LogP contribution is 2.38. The molecule has 2 rings (SSSR count). The Morgan fingerprint density at radius 3 is 2.45 bits per heavy atom. The van der Waals surface area contributed by atoms with Crippen LogP contribution >= 0.6 is 0 Å². The van der Waals surface area contributed by atoms with Crippen molar-refractivity contribution in [1.29, 1.82) is 0 Å². The van der Waals surface area contributed by atoms with Crippen molar-refractivity contribution in [2.24, 2.45) is 5.41 Å². The number of anilines is 1. The SMILES string of the molecule is CCNc1cccc(CN2CCC(CC)(CC)CC2)n1. The summed E-state index contributed by atoms with van der Waals surface area (Å²) in [6.07, 6.45) is 5.33. The number of likely N-dealkylation sites (tertiary alicyclic amines) is 1. The number of hydrogen-bond donors (Lipinski definition) is 1. The lowest BCUT2D eigenvalue weighted by atomic mass is 9.74. The van der Waals surface area contributed by atoms with E-state index < -0.39 is 0 Å². The molecule has 1 N–H and O–H groups in total. The summed E-state index contributed by atoms with van der Waals surface area (Å²) < 4.78 is 0. The zero-order valence-corrected chi connectivity index (χ0v) is 13.3. The predicted octanol–water partition coefficient (Wildman–Crippen LogP) is 3.92. The first kappa shape index (κ1) is 15.3. The first-order valence-electron chi connectivity index (χ1n) is 8.13. The van der Waals surface area contributed by atoms with Crippen molar-refractivity contribution in [2.75, 3.05) is 25.0 Å². The Bertz CT molecular complexity index is 402. The van der Waals surface area contributed by atoms with Crippen LogP contribution in [0.2, 0.25) is 0 Å². The number of piperidine rings is 1. The lowest BCUT2D eigenvalue weighted by Crippen LogP contribution is -2.39. The largest absolute Gasteiger partial charge is 0.370 e. The van der Waals surface area contributed by atoms with Crippen LogP contribution in [0.25, 0.3) is 0 Å². The Balaban J connectivity index is 1.90. The molecule has 0 radical (unpaired) electrons. The molecule has 0 saturated carbocycles. The molecular formula is C17H29N3. The molecular weight excluding hydrogens is 246 g/mol. The molecule has 0 aromatic carbocycles. The first-order chi connectivity index (χ1) is 9.71. The predicted molar refractivity (Wildman–Crippen MR) is 85.9 cm³/mol. The Morgan fingerprint density at radius 2 is 1.85 bits per heavy atom. The summed E-state index contributed by atoms with van der Waals surface area (Å²) in [7, 11) is 0. The van der Waals surface area contributed by atoms with E-state index in [2.05, 4.69) is 48.1 Å². The third-order valence-electron chi connectivity index (χ3n) is 4.97. The Hall–Kier alpha value is -1.09. The van der Waals surface area contributed by atoms with Crippen LogP contribution < -0.4 is 5.32 Å². The van der Waals surface area contributed by atoms with E-state index in [-0.39, 0.29) is 0 Å². The summed E-state index contributed by atoms with van der Waals surface area (Å²) >= 11 is 0. The molecule has 1 aliphatic rings. The summed E-state index contributed by atoms with van der Waals surface area (Å²) in [5.41, 5.74) is 1.79. The van der Waals surface area contributed by atoms with Crippen molar-refractivity contribution in [3.63, 3.8) is 0 Å². The van der Waals surface area contributed by atoms with E-state index in [0.717, 1.165) is 18.9 Å². The van der Waals surface area contributed by atoms with Gasteiger partial charge in [-0.25, -0.2) is 4.98 Å². The minimum Gasteiger partial charge on any atom is -0.370 e. The number of hydrogen-bond acceptors (Lipinski definition) is 3. The van der Waals surface area contributed by atoms with Crippen molar-refractivity contribution in [1.82, 2.24) is 9.88 Å². The van der Waals surface area contributed by atoms with Crippen molar-refractivity contribution in [3.8, 4) is 0 Å². The van der Waals surface area contributed by atoms with Gasteiger partial charge in [0.15, 0.2) is 0 Å². The smallest absolute Gasteiger partial charge is 0.126 e. The molecule has 0 bridgehead atoms. The van der Waals surface area contributed by atoms with Crippen molar-refractivity contribution < 1.29 is 0 Å². The minimum atomic E-state index is 0.607. The van der Waals surface area contributed by atoms with Crippen LogP contribution in [-0.4, -0.2) is 29.5 Å². The topological polar surface area (TPSA) is 28.2 Å². The fraction of sp³-hybridized carbons (Fsp3) is 0.706. The molecule has 1 saturated heterocycles. The van der Waals surface area contributed by atoms with Crippen LogP contribution in [-0.2, 0) is 6.54 Å². The van der Waals surface area contributed by atoms with Gasteiger partial charge in [-0.3, -0.25) is 4.90 Å². The summed E-state index contributed by atoms with van der Waals surface area (Å²) in [5.74, 6) is 0.999. The highest BCUT2D eigenvalue weighted by Gasteiger charge is 2.31. The van der Waals surface area contributed by atoms with E-state index in [1.165, 1.54) is 44.5 Å². The maximum absolute atomic E-state index is 4.68. The average molecular weight is 275 g/mol. The van der Waals surface area contributed by atoms with Gasteiger partial charge < -0.3 is 5.32 Å². The second-order valence-electron chi connectivity index (χ2n) is 6.03. The molecule has 0 amide bonds. The zero-order valence-electron chi connectivity index (χ0n) is 13.3. The monoisotopic (exact) mass is 275 g/mol. The van der Waals surface area contributed by atoms with Crippen LogP contribution in [0, 0.1) is 5.41 Å². The highest BCUT2D eigenvalue weighted by atomic mass is 15.1. The number of rotatable bonds is 6. The van der Waals surface area contributed by atoms with Crippen LogP contribution in [0.1, 0.15) is 52.1 Å². The van der Waals surface area contributed by atoms with Crippen LogP contribution in [0.3, 0.4) is 0 Å². The Labute approximate surface area is 123 Å². The van der Waals surface area contributed by atoms with E-state index in [1.54, 1.807) is 0 Å². The van der Waals surface area contributed by atoms with E-state index in [9.17, 15) is 0 Å².